The monoisotopic (exact) mass is 360 g/mol. The molecule has 0 fully saturated rings. The number of rotatable bonds is 2. The quantitative estimate of drug-likeness (QED) is 0.713. The summed E-state index contributed by atoms with van der Waals surface area (Å²) in [4.78, 5) is 1.14. The minimum atomic E-state index is 0.693. The third-order valence-electron chi connectivity index (χ3n) is 3.10. The Labute approximate surface area is 133 Å². The van der Waals surface area contributed by atoms with Crippen molar-refractivity contribution in [2.24, 2.45) is 0 Å². The third kappa shape index (κ3) is 2.36. The Bertz CT molecular complexity index is 838. The van der Waals surface area contributed by atoms with Gasteiger partial charge in [0.1, 0.15) is 12.5 Å². The number of hydrogen-bond acceptors (Lipinski definition) is 4. The Morgan fingerprint density at radius 1 is 1.00 bits per heavy atom. The Kier molecular flexibility index (Phi) is 3.05. The van der Waals surface area contributed by atoms with Crippen LogP contribution < -0.4 is 9.47 Å². The first-order chi connectivity index (χ1) is 10.3. The summed E-state index contributed by atoms with van der Waals surface area (Å²) in [5.41, 5.74) is 2.84. The third-order valence-corrected chi connectivity index (χ3v) is 4.76. The zero-order valence-corrected chi connectivity index (χ0v) is 13.1. The van der Waals surface area contributed by atoms with E-state index >= 15 is 0 Å². The first-order valence-corrected chi connectivity index (χ1v) is 7.84. The topological polar surface area (TPSA) is 47.1 Å². The van der Waals surface area contributed by atoms with E-state index in [1.165, 1.54) is 12.5 Å². The summed E-state index contributed by atoms with van der Waals surface area (Å²) in [5, 5.41) is 7.44. The van der Waals surface area contributed by atoms with Crippen LogP contribution in [0.1, 0.15) is 0 Å². The molecule has 4 rings (SSSR count). The van der Waals surface area contributed by atoms with E-state index in [0.717, 1.165) is 25.6 Å². The SMILES string of the molecule is Brc1ccc(-c2cc(-c3ccc4c(c3)OC=CO4)n[nH]2)s1. The van der Waals surface area contributed by atoms with Crippen molar-refractivity contribution in [2.75, 3.05) is 0 Å². The molecule has 2 aromatic heterocycles. The Balaban J connectivity index is 1.70. The van der Waals surface area contributed by atoms with Gasteiger partial charge in [0, 0.05) is 5.56 Å². The van der Waals surface area contributed by atoms with Gasteiger partial charge < -0.3 is 9.47 Å². The highest BCUT2D eigenvalue weighted by Gasteiger charge is 2.12. The number of H-pyrrole nitrogens is 1. The van der Waals surface area contributed by atoms with Crippen LogP contribution in [0.3, 0.4) is 0 Å². The van der Waals surface area contributed by atoms with Crippen LogP contribution in [-0.4, -0.2) is 10.2 Å². The van der Waals surface area contributed by atoms with E-state index in [1.807, 2.05) is 30.3 Å². The first-order valence-electron chi connectivity index (χ1n) is 6.23. The van der Waals surface area contributed by atoms with Gasteiger partial charge in [0.25, 0.3) is 0 Å². The summed E-state index contributed by atoms with van der Waals surface area (Å²) in [6.07, 6.45) is 3.04. The zero-order chi connectivity index (χ0) is 14.2. The number of thiophene rings is 1. The van der Waals surface area contributed by atoms with E-state index in [1.54, 1.807) is 11.3 Å². The molecule has 0 unspecified atom stereocenters. The summed E-state index contributed by atoms with van der Waals surface area (Å²) in [6.45, 7) is 0. The molecule has 0 saturated heterocycles. The fraction of sp³-hybridized carbons (Fsp3) is 0. The average molecular weight is 361 g/mol. The number of nitrogens with one attached hydrogen (secondary N) is 1. The lowest BCUT2D eigenvalue weighted by atomic mass is 10.1. The molecular formula is C15H9BrN2O2S. The van der Waals surface area contributed by atoms with E-state index in [0.29, 0.717) is 11.5 Å². The normalized spacial score (nSPS) is 12.6. The maximum absolute atomic E-state index is 5.43. The van der Waals surface area contributed by atoms with Crippen LogP contribution in [0.4, 0.5) is 0 Å². The number of ether oxygens (including phenoxy) is 2. The molecule has 0 spiro atoms. The van der Waals surface area contributed by atoms with Crippen molar-refractivity contribution in [3.63, 3.8) is 0 Å². The summed E-state index contributed by atoms with van der Waals surface area (Å²) in [5.74, 6) is 1.40. The van der Waals surface area contributed by atoms with Gasteiger partial charge in [-0.25, -0.2) is 0 Å². The molecule has 3 heterocycles. The lowest BCUT2D eigenvalue weighted by Crippen LogP contribution is -1.96. The van der Waals surface area contributed by atoms with Crippen molar-refractivity contribution < 1.29 is 9.47 Å². The Morgan fingerprint density at radius 3 is 2.67 bits per heavy atom. The van der Waals surface area contributed by atoms with Crippen molar-refractivity contribution >= 4 is 27.3 Å². The number of benzene rings is 1. The average Bonchev–Trinajstić information content (AvgIpc) is 3.15. The lowest BCUT2D eigenvalue weighted by Gasteiger charge is -2.12. The fourth-order valence-corrected chi connectivity index (χ4v) is 3.47. The summed E-state index contributed by atoms with van der Waals surface area (Å²) in [7, 11) is 0. The van der Waals surface area contributed by atoms with Crippen molar-refractivity contribution in [3.8, 4) is 33.3 Å². The molecule has 1 aromatic carbocycles. The smallest absolute Gasteiger partial charge is 0.169 e. The predicted molar refractivity (Wildman–Crippen MR) is 85.4 cm³/mol. The van der Waals surface area contributed by atoms with E-state index in [-0.39, 0.29) is 0 Å². The van der Waals surface area contributed by atoms with Gasteiger partial charge in [-0.3, -0.25) is 5.10 Å². The molecule has 0 atom stereocenters. The molecule has 1 aliphatic rings. The van der Waals surface area contributed by atoms with Crippen molar-refractivity contribution in [1.29, 1.82) is 0 Å². The van der Waals surface area contributed by atoms with Crippen LogP contribution in [0.2, 0.25) is 0 Å². The largest absolute Gasteiger partial charge is 0.458 e. The standard InChI is InChI=1S/C15H9BrN2O2S/c16-15-4-3-14(21-15)11-8-10(17-18-11)9-1-2-12-13(7-9)20-6-5-19-12/h1-8H,(H,17,18). The molecule has 0 aliphatic carbocycles. The van der Waals surface area contributed by atoms with E-state index < -0.39 is 0 Å². The van der Waals surface area contributed by atoms with Gasteiger partial charge in [0.05, 0.1) is 20.1 Å². The van der Waals surface area contributed by atoms with Crippen LogP contribution in [0.25, 0.3) is 21.8 Å². The van der Waals surface area contributed by atoms with Crippen molar-refractivity contribution in [1.82, 2.24) is 10.2 Å². The first kappa shape index (κ1) is 12.7. The van der Waals surface area contributed by atoms with Gasteiger partial charge >= 0.3 is 0 Å². The van der Waals surface area contributed by atoms with E-state index in [4.69, 9.17) is 9.47 Å². The molecule has 1 N–H and O–H groups in total. The molecule has 0 radical (unpaired) electrons. The van der Waals surface area contributed by atoms with Crippen molar-refractivity contribution in [3.05, 3.63) is 52.7 Å². The number of aromatic amines is 1. The van der Waals surface area contributed by atoms with Crippen LogP contribution in [0.15, 0.2) is 52.7 Å². The molecule has 0 amide bonds. The van der Waals surface area contributed by atoms with Crippen LogP contribution in [0.5, 0.6) is 11.5 Å². The molecule has 0 bridgehead atoms. The number of aromatic nitrogens is 2. The lowest BCUT2D eigenvalue weighted by molar-refractivity contribution is 0.362. The van der Waals surface area contributed by atoms with Crippen LogP contribution >= 0.6 is 27.3 Å². The minimum Gasteiger partial charge on any atom is -0.458 e. The Morgan fingerprint density at radius 2 is 1.86 bits per heavy atom. The molecule has 4 nitrogen and oxygen atoms in total. The van der Waals surface area contributed by atoms with Crippen molar-refractivity contribution in [2.45, 2.75) is 0 Å². The molecule has 0 saturated carbocycles. The number of hydrogen-bond donors (Lipinski definition) is 1. The van der Waals surface area contributed by atoms with E-state index in [2.05, 4.69) is 32.2 Å². The maximum Gasteiger partial charge on any atom is 0.169 e. The summed E-state index contributed by atoms with van der Waals surface area (Å²) in [6, 6.07) is 11.9. The van der Waals surface area contributed by atoms with E-state index in [9.17, 15) is 0 Å². The van der Waals surface area contributed by atoms with Gasteiger partial charge in [-0.15, -0.1) is 11.3 Å². The molecule has 6 heteroatoms. The molecule has 21 heavy (non-hydrogen) atoms. The maximum atomic E-state index is 5.43. The van der Waals surface area contributed by atoms with Gasteiger partial charge in [0.15, 0.2) is 11.5 Å². The highest BCUT2D eigenvalue weighted by molar-refractivity contribution is 9.11. The zero-order valence-electron chi connectivity index (χ0n) is 10.7. The summed E-state index contributed by atoms with van der Waals surface area (Å²) < 4.78 is 11.9. The second kappa shape index (κ2) is 5.05. The number of fused-ring (bicyclic) bond motifs is 1. The predicted octanol–water partition coefficient (Wildman–Crippen LogP) is 4.81. The summed E-state index contributed by atoms with van der Waals surface area (Å²) >= 11 is 5.13. The highest BCUT2D eigenvalue weighted by atomic mass is 79.9. The second-order valence-electron chi connectivity index (χ2n) is 4.44. The molecule has 1 aliphatic heterocycles. The fourth-order valence-electron chi connectivity index (χ4n) is 2.11. The molecular weight excluding hydrogens is 352 g/mol. The highest BCUT2D eigenvalue weighted by Crippen LogP contribution is 2.36. The molecule has 104 valence electrons. The number of halogens is 1. The van der Waals surface area contributed by atoms with Crippen LogP contribution in [-0.2, 0) is 0 Å². The molecule has 3 aromatic rings. The van der Waals surface area contributed by atoms with Gasteiger partial charge in [-0.05, 0) is 52.3 Å². The van der Waals surface area contributed by atoms with Crippen LogP contribution in [0, 0.1) is 0 Å². The van der Waals surface area contributed by atoms with Gasteiger partial charge in [-0.1, -0.05) is 0 Å². The minimum absolute atomic E-state index is 0.693. The number of nitrogens with zero attached hydrogens (tertiary/aromatic N) is 1. The van der Waals surface area contributed by atoms with Gasteiger partial charge in [0.2, 0.25) is 0 Å². The second-order valence-corrected chi connectivity index (χ2v) is 6.90. The Hall–Kier alpha value is -2.05. The van der Waals surface area contributed by atoms with Gasteiger partial charge in [-0.2, -0.15) is 5.10 Å².